The Hall–Kier alpha value is -1.01. The lowest BCUT2D eigenvalue weighted by Gasteiger charge is -2.31. The van der Waals surface area contributed by atoms with Crippen LogP contribution in [0.5, 0.6) is 0 Å². The van der Waals surface area contributed by atoms with Crippen molar-refractivity contribution in [2.45, 2.75) is 25.8 Å². The van der Waals surface area contributed by atoms with Crippen molar-refractivity contribution < 1.29 is 0 Å². The van der Waals surface area contributed by atoms with Crippen LogP contribution in [0.1, 0.15) is 25.1 Å². The maximum Gasteiger partial charge on any atom is 0.188 e. The second kappa shape index (κ2) is 5.36. The Bertz CT molecular complexity index is 321. The molecule has 16 heavy (non-hydrogen) atoms. The van der Waals surface area contributed by atoms with Gasteiger partial charge in [0.15, 0.2) is 5.82 Å². The molecule has 1 fully saturated rings. The molecule has 2 N–H and O–H groups in total. The molecular weight excluding hydrogens is 204 g/mol. The average Bonchev–Trinajstić information content (AvgIpc) is 2.65. The quantitative estimate of drug-likeness (QED) is 0.765. The summed E-state index contributed by atoms with van der Waals surface area (Å²) >= 11 is 0. The number of aromatic nitrogens is 4. The lowest BCUT2D eigenvalue weighted by molar-refractivity contribution is 0.159. The Morgan fingerprint density at radius 1 is 1.50 bits per heavy atom. The lowest BCUT2D eigenvalue weighted by Crippen LogP contribution is -2.36. The van der Waals surface area contributed by atoms with Crippen molar-refractivity contribution >= 4 is 0 Å². The van der Waals surface area contributed by atoms with Gasteiger partial charge in [0.2, 0.25) is 0 Å². The van der Waals surface area contributed by atoms with Crippen molar-refractivity contribution in [1.82, 2.24) is 25.1 Å². The van der Waals surface area contributed by atoms with Gasteiger partial charge in [-0.15, -0.1) is 10.2 Å². The molecule has 0 aliphatic carbocycles. The minimum atomic E-state index is 0.746. The van der Waals surface area contributed by atoms with E-state index in [9.17, 15) is 0 Å². The molecule has 6 heteroatoms. The normalized spacial score (nSPS) is 22.5. The Morgan fingerprint density at radius 2 is 2.38 bits per heavy atom. The zero-order valence-corrected chi connectivity index (χ0v) is 9.84. The highest BCUT2D eigenvalue weighted by Crippen LogP contribution is 2.19. The third-order valence-corrected chi connectivity index (χ3v) is 3.09. The van der Waals surface area contributed by atoms with Gasteiger partial charge in [-0.3, -0.25) is 4.90 Å². The van der Waals surface area contributed by atoms with Gasteiger partial charge in [0.1, 0.15) is 0 Å². The van der Waals surface area contributed by atoms with Crippen molar-refractivity contribution in [3.05, 3.63) is 5.82 Å². The number of likely N-dealkylation sites (tertiary alicyclic amines) is 1. The molecule has 1 aliphatic heterocycles. The number of nitrogens with zero attached hydrogens (tertiary/aromatic N) is 5. The molecule has 2 heterocycles. The second-order valence-corrected chi connectivity index (χ2v) is 4.52. The summed E-state index contributed by atoms with van der Waals surface area (Å²) in [6.45, 7) is 3.87. The number of piperidine rings is 1. The molecule has 0 spiro atoms. The number of hydrogen-bond acceptors (Lipinski definition) is 5. The van der Waals surface area contributed by atoms with Crippen LogP contribution in [0.15, 0.2) is 0 Å². The summed E-state index contributed by atoms with van der Waals surface area (Å²) in [7, 11) is 1.80. The molecule has 0 saturated carbocycles. The van der Waals surface area contributed by atoms with Gasteiger partial charge in [0, 0.05) is 6.54 Å². The maximum atomic E-state index is 5.60. The first kappa shape index (κ1) is 11.5. The van der Waals surface area contributed by atoms with E-state index in [4.69, 9.17) is 5.73 Å². The minimum Gasteiger partial charge on any atom is -0.330 e. The van der Waals surface area contributed by atoms with Crippen LogP contribution in [-0.4, -0.2) is 44.7 Å². The van der Waals surface area contributed by atoms with E-state index >= 15 is 0 Å². The average molecular weight is 224 g/mol. The fourth-order valence-corrected chi connectivity index (χ4v) is 2.35. The van der Waals surface area contributed by atoms with E-state index in [0.29, 0.717) is 0 Å². The summed E-state index contributed by atoms with van der Waals surface area (Å²) in [6, 6.07) is 0. The van der Waals surface area contributed by atoms with E-state index in [1.807, 2.05) is 0 Å². The van der Waals surface area contributed by atoms with E-state index < -0.39 is 0 Å². The first-order valence-corrected chi connectivity index (χ1v) is 5.93. The van der Waals surface area contributed by atoms with Crippen LogP contribution < -0.4 is 5.73 Å². The third-order valence-electron chi connectivity index (χ3n) is 3.09. The minimum absolute atomic E-state index is 0.746. The number of aryl methyl sites for hydroxylation is 1. The van der Waals surface area contributed by atoms with Crippen LogP contribution in [-0.2, 0) is 13.6 Å². The summed E-state index contributed by atoms with van der Waals surface area (Å²) in [5, 5.41) is 12.1. The molecule has 0 aromatic carbocycles. The van der Waals surface area contributed by atoms with Gasteiger partial charge in [0.25, 0.3) is 0 Å². The highest BCUT2D eigenvalue weighted by molar-refractivity contribution is 4.81. The van der Waals surface area contributed by atoms with Crippen LogP contribution in [0, 0.1) is 5.92 Å². The number of nitrogens with two attached hydrogens (primary N) is 1. The van der Waals surface area contributed by atoms with Crippen LogP contribution in [0.4, 0.5) is 0 Å². The molecule has 90 valence electrons. The van der Waals surface area contributed by atoms with Gasteiger partial charge in [-0.05, 0) is 43.5 Å². The third kappa shape index (κ3) is 2.99. The van der Waals surface area contributed by atoms with E-state index in [0.717, 1.165) is 44.3 Å². The van der Waals surface area contributed by atoms with Gasteiger partial charge in [-0.2, -0.15) is 4.80 Å². The molecule has 1 aromatic heterocycles. The summed E-state index contributed by atoms with van der Waals surface area (Å²) in [5.41, 5.74) is 5.60. The summed E-state index contributed by atoms with van der Waals surface area (Å²) in [5.74, 6) is 1.56. The summed E-state index contributed by atoms with van der Waals surface area (Å²) in [4.78, 5) is 3.91. The molecule has 0 amide bonds. The molecule has 1 atom stereocenters. The zero-order chi connectivity index (χ0) is 11.4. The first-order chi connectivity index (χ1) is 7.78. The zero-order valence-electron chi connectivity index (χ0n) is 9.84. The van der Waals surface area contributed by atoms with Crippen molar-refractivity contribution in [3.63, 3.8) is 0 Å². The Morgan fingerprint density at radius 3 is 3.06 bits per heavy atom. The van der Waals surface area contributed by atoms with E-state index in [2.05, 4.69) is 20.3 Å². The molecule has 1 aromatic rings. The summed E-state index contributed by atoms with van der Waals surface area (Å²) in [6.07, 6.45) is 3.69. The summed E-state index contributed by atoms with van der Waals surface area (Å²) < 4.78 is 0. The molecule has 0 bridgehead atoms. The van der Waals surface area contributed by atoms with E-state index in [1.54, 1.807) is 7.05 Å². The SMILES string of the molecule is Cn1nnc(CN2CCCC(CCN)C2)n1. The fraction of sp³-hybridized carbons (Fsp3) is 0.900. The predicted molar refractivity (Wildman–Crippen MR) is 60.5 cm³/mol. The van der Waals surface area contributed by atoms with Gasteiger partial charge in [0.05, 0.1) is 13.6 Å². The van der Waals surface area contributed by atoms with Crippen molar-refractivity contribution in [2.24, 2.45) is 18.7 Å². The van der Waals surface area contributed by atoms with Gasteiger partial charge < -0.3 is 5.73 Å². The van der Waals surface area contributed by atoms with Crippen LogP contribution >= 0.6 is 0 Å². The molecule has 1 unspecified atom stereocenters. The van der Waals surface area contributed by atoms with Crippen LogP contribution in [0.25, 0.3) is 0 Å². The molecule has 0 radical (unpaired) electrons. The van der Waals surface area contributed by atoms with Crippen LogP contribution in [0.3, 0.4) is 0 Å². The van der Waals surface area contributed by atoms with E-state index in [1.165, 1.54) is 17.6 Å². The standard InChI is InChI=1S/C10H20N6/c1-15-13-10(12-14-15)8-16-6-2-3-9(7-16)4-5-11/h9H,2-8,11H2,1H3. The number of rotatable bonds is 4. The Kier molecular flexibility index (Phi) is 3.84. The van der Waals surface area contributed by atoms with Crippen LogP contribution in [0.2, 0.25) is 0 Å². The van der Waals surface area contributed by atoms with Crippen molar-refractivity contribution in [1.29, 1.82) is 0 Å². The van der Waals surface area contributed by atoms with Crippen molar-refractivity contribution in [3.8, 4) is 0 Å². The molecule has 1 saturated heterocycles. The molecule has 6 nitrogen and oxygen atoms in total. The lowest BCUT2D eigenvalue weighted by atomic mass is 9.95. The number of hydrogen-bond donors (Lipinski definition) is 1. The maximum absolute atomic E-state index is 5.60. The van der Waals surface area contributed by atoms with Crippen molar-refractivity contribution in [2.75, 3.05) is 19.6 Å². The fourth-order valence-electron chi connectivity index (χ4n) is 2.35. The first-order valence-electron chi connectivity index (χ1n) is 5.93. The van der Waals surface area contributed by atoms with Gasteiger partial charge >= 0.3 is 0 Å². The Labute approximate surface area is 95.8 Å². The number of tetrazole rings is 1. The topological polar surface area (TPSA) is 72.9 Å². The Balaban J connectivity index is 1.85. The monoisotopic (exact) mass is 224 g/mol. The highest BCUT2D eigenvalue weighted by atomic mass is 15.6. The second-order valence-electron chi connectivity index (χ2n) is 4.52. The smallest absolute Gasteiger partial charge is 0.188 e. The van der Waals surface area contributed by atoms with E-state index in [-0.39, 0.29) is 0 Å². The van der Waals surface area contributed by atoms with Gasteiger partial charge in [-0.1, -0.05) is 0 Å². The largest absolute Gasteiger partial charge is 0.330 e. The molecular formula is C10H20N6. The molecule has 2 rings (SSSR count). The molecule has 1 aliphatic rings. The predicted octanol–water partition coefficient (Wildman–Crippen LogP) is -0.229. The highest BCUT2D eigenvalue weighted by Gasteiger charge is 2.20. The van der Waals surface area contributed by atoms with Gasteiger partial charge in [-0.25, -0.2) is 0 Å².